The van der Waals surface area contributed by atoms with Gasteiger partial charge in [0.25, 0.3) is 0 Å². The Kier molecular flexibility index (Phi) is 7.87. The van der Waals surface area contributed by atoms with Crippen molar-refractivity contribution in [2.45, 2.75) is 13.3 Å². The van der Waals surface area contributed by atoms with E-state index in [-0.39, 0.29) is 0 Å². The van der Waals surface area contributed by atoms with E-state index in [1.54, 1.807) is 6.21 Å². The monoisotopic (exact) mass is 150 g/mol. The van der Waals surface area contributed by atoms with E-state index in [0.717, 1.165) is 6.54 Å². The van der Waals surface area contributed by atoms with Crippen molar-refractivity contribution in [1.82, 2.24) is 0 Å². The molecule has 0 atom stereocenters. The molecule has 0 saturated carbocycles. The maximum Gasteiger partial charge on any atom is 0.0569 e. The molecule has 0 aromatic carbocycles. The summed E-state index contributed by atoms with van der Waals surface area (Å²) in [5, 5.41) is 6.73. The summed E-state index contributed by atoms with van der Waals surface area (Å²) >= 11 is 0. The normalized spacial score (nSPS) is 12.1. The zero-order chi connectivity index (χ0) is 8.36. The zero-order valence-corrected chi connectivity index (χ0v) is 6.83. The predicted octanol–water partition coefficient (Wildman–Crippen LogP) is 2.23. The topological polar surface area (TPSA) is 36.2 Å². The van der Waals surface area contributed by atoms with Crippen LogP contribution in [0.2, 0.25) is 0 Å². The van der Waals surface area contributed by atoms with Crippen LogP contribution in [0.4, 0.5) is 0 Å². The third-order valence-electron chi connectivity index (χ3n) is 1.03. The van der Waals surface area contributed by atoms with Crippen molar-refractivity contribution < 1.29 is 0 Å². The Morgan fingerprint density at radius 2 is 2.00 bits per heavy atom. The largest absolute Gasteiger partial charge is 0.313 e. The molecule has 0 aliphatic heterocycles. The number of allylic oxidation sites excluding steroid dienone is 3. The van der Waals surface area contributed by atoms with Crippen molar-refractivity contribution in [2.24, 2.45) is 4.99 Å². The summed E-state index contributed by atoms with van der Waals surface area (Å²) < 4.78 is 0. The highest BCUT2D eigenvalue weighted by Gasteiger charge is 1.67. The Bertz CT molecular complexity index is 166. The van der Waals surface area contributed by atoms with Gasteiger partial charge in [0.1, 0.15) is 0 Å². The molecule has 0 aliphatic rings. The zero-order valence-electron chi connectivity index (χ0n) is 6.83. The van der Waals surface area contributed by atoms with Gasteiger partial charge in [-0.1, -0.05) is 24.3 Å². The number of aliphatic imine (C=N–C) groups is 1. The van der Waals surface area contributed by atoms with Crippen molar-refractivity contribution >= 4 is 12.4 Å². The first kappa shape index (κ1) is 9.82. The third kappa shape index (κ3) is 8.82. The number of hydrogen-bond donors (Lipinski definition) is 1. The summed E-state index contributed by atoms with van der Waals surface area (Å²) in [6.07, 6.45) is 11.6. The van der Waals surface area contributed by atoms with E-state index in [0.29, 0.717) is 6.42 Å². The predicted molar refractivity (Wildman–Crippen MR) is 50.7 cm³/mol. The van der Waals surface area contributed by atoms with E-state index < -0.39 is 0 Å². The van der Waals surface area contributed by atoms with E-state index in [1.165, 1.54) is 6.21 Å². The maximum absolute atomic E-state index is 6.73. The first-order valence-corrected chi connectivity index (χ1v) is 3.67. The lowest BCUT2D eigenvalue weighted by Crippen LogP contribution is -1.70. The summed E-state index contributed by atoms with van der Waals surface area (Å²) in [6.45, 7) is 2.64. The van der Waals surface area contributed by atoms with E-state index in [1.807, 2.05) is 31.2 Å². The molecular formula is C9H14N2. The Morgan fingerprint density at radius 1 is 1.27 bits per heavy atom. The lowest BCUT2D eigenvalue weighted by atomic mass is 10.4. The molecule has 2 heteroatoms. The smallest absolute Gasteiger partial charge is 0.0569 e. The summed E-state index contributed by atoms with van der Waals surface area (Å²) in [5.74, 6) is 0. The molecule has 2 nitrogen and oxygen atoms in total. The molecule has 0 unspecified atom stereocenters. The molecule has 0 amide bonds. The molecular weight excluding hydrogens is 136 g/mol. The van der Waals surface area contributed by atoms with Gasteiger partial charge < -0.3 is 5.41 Å². The minimum atomic E-state index is 0.710. The molecule has 0 bridgehead atoms. The number of hydrogen-bond acceptors (Lipinski definition) is 2. The van der Waals surface area contributed by atoms with E-state index in [4.69, 9.17) is 5.41 Å². The second kappa shape index (κ2) is 8.82. The van der Waals surface area contributed by atoms with E-state index in [9.17, 15) is 0 Å². The number of nitrogens with one attached hydrogen (secondary N) is 1. The van der Waals surface area contributed by atoms with Gasteiger partial charge in [0, 0.05) is 6.42 Å². The molecule has 0 rings (SSSR count). The first-order chi connectivity index (χ1) is 5.41. The van der Waals surface area contributed by atoms with Gasteiger partial charge in [-0.2, -0.15) is 0 Å². The fourth-order valence-electron chi connectivity index (χ4n) is 0.531. The van der Waals surface area contributed by atoms with Gasteiger partial charge in [0.05, 0.1) is 6.54 Å². The molecule has 0 spiro atoms. The average molecular weight is 150 g/mol. The molecule has 0 saturated heterocycles. The second-order valence-electron chi connectivity index (χ2n) is 1.92. The van der Waals surface area contributed by atoms with Crippen LogP contribution < -0.4 is 0 Å². The Labute approximate surface area is 67.9 Å². The standard InChI is InChI=1S/C9H14N2/c1-2-11-9-7-5-3-4-6-8-10/h2-5,7-8,10H,6,9H2,1H3/b4-3-,7-5-,10-8?,11-2-. The minimum Gasteiger partial charge on any atom is -0.313 e. The van der Waals surface area contributed by atoms with Gasteiger partial charge >= 0.3 is 0 Å². The van der Waals surface area contributed by atoms with Crippen molar-refractivity contribution in [1.29, 1.82) is 5.41 Å². The van der Waals surface area contributed by atoms with Crippen molar-refractivity contribution in [3.8, 4) is 0 Å². The van der Waals surface area contributed by atoms with Crippen LogP contribution in [0, 0.1) is 5.41 Å². The molecule has 0 fully saturated rings. The molecule has 0 aromatic rings. The third-order valence-corrected chi connectivity index (χ3v) is 1.03. The molecule has 0 heterocycles. The lowest BCUT2D eigenvalue weighted by Gasteiger charge is -1.78. The fraction of sp³-hybridized carbons (Fsp3) is 0.333. The molecule has 0 aromatic heterocycles. The van der Waals surface area contributed by atoms with Crippen molar-refractivity contribution in [3.63, 3.8) is 0 Å². The fourth-order valence-corrected chi connectivity index (χ4v) is 0.531. The van der Waals surface area contributed by atoms with Crippen LogP contribution in [0.25, 0.3) is 0 Å². The van der Waals surface area contributed by atoms with Gasteiger partial charge in [-0.05, 0) is 19.4 Å². The number of rotatable bonds is 5. The first-order valence-electron chi connectivity index (χ1n) is 3.67. The van der Waals surface area contributed by atoms with Gasteiger partial charge in [-0.25, -0.2) is 0 Å². The SMILES string of the molecule is C/C=N\C/C=C\C=C/CC=N. The van der Waals surface area contributed by atoms with Crippen LogP contribution in [-0.2, 0) is 0 Å². The molecule has 1 N–H and O–H groups in total. The van der Waals surface area contributed by atoms with Crippen molar-refractivity contribution in [2.75, 3.05) is 6.54 Å². The summed E-state index contributed by atoms with van der Waals surface area (Å²) in [4.78, 5) is 4.00. The highest BCUT2D eigenvalue weighted by atomic mass is 14.7. The Morgan fingerprint density at radius 3 is 2.64 bits per heavy atom. The van der Waals surface area contributed by atoms with Crippen LogP contribution in [0.5, 0.6) is 0 Å². The number of nitrogens with zero attached hydrogens (tertiary/aromatic N) is 1. The van der Waals surface area contributed by atoms with E-state index in [2.05, 4.69) is 4.99 Å². The van der Waals surface area contributed by atoms with Crippen LogP contribution in [0.3, 0.4) is 0 Å². The maximum atomic E-state index is 6.73. The van der Waals surface area contributed by atoms with Crippen LogP contribution in [0.1, 0.15) is 13.3 Å². The quantitative estimate of drug-likeness (QED) is 0.461. The van der Waals surface area contributed by atoms with Crippen LogP contribution in [0.15, 0.2) is 29.3 Å². The average Bonchev–Trinajstić information content (AvgIpc) is 2.03. The summed E-state index contributed by atoms with van der Waals surface area (Å²) in [5.41, 5.74) is 0. The Hall–Kier alpha value is -1.18. The van der Waals surface area contributed by atoms with Gasteiger partial charge in [-0.3, -0.25) is 4.99 Å². The van der Waals surface area contributed by atoms with Gasteiger partial charge in [-0.15, -0.1) is 0 Å². The summed E-state index contributed by atoms with van der Waals surface area (Å²) in [7, 11) is 0. The highest BCUT2D eigenvalue weighted by Crippen LogP contribution is 1.81. The van der Waals surface area contributed by atoms with E-state index >= 15 is 0 Å². The molecule has 0 aliphatic carbocycles. The Balaban J connectivity index is 3.35. The second-order valence-corrected chi connectivity index (χ2v) is 1.92. The molecule has 60 valence electrons. The van der Waals surface area contributed by atoms with Crippen molar-refractivity contribution in [3.05, 3.63) is 24.3 Å². The van der Waals surface area contributed by atoms with Crippen LogP contribution in [-0.4, -0.2) is 19.0 Å². The minimum absolute atomic E-state index is 0.710. The van der Waals surface area contributed by atoms with Gasteiger partial charge in [0.15, 0.2) is 0 Å². The van der Waals surface area contributed by atoms with Gasteiger partial charge in [0.2, 0.25) is 0 Å². The summed E-state index contributed by atoms with van der Waals surface area (Å²) in [6, 6.07) is 0. The molecule has 11 heavy (non-hydrogen) atoms. The molecule has 0 radical (unpaired) electrons. The highest BCUT2D eigenvalue weighted by molar-refractivity contribution is 5.55. The lowest BCUT2D eigenvalue weighted by molar-refractivity contribution is 1.25. The van der Waals surface area contributed by atoms with Crippen LogP contribution >= 0.6 is 0 Å².